The van der Waals surface area contributed by atoms with Gasteiger partial charge in [-0.1, -0.05) is 30.3 Å². The lowest BCUT2D eigenvalue weighted by Crippen LogP contribution is -2.26. The number of ether oxygens (including phenoxy) is 1. The van der Waals surface area contributed by atoms with Crippen LogP contribution < -0.4 is 20.7 Å². The number of nitrogens with one attached hydrogen (secondary N) is 4. The van der Waals surface area contributed by atoms with E-state index in [1.54, 1.807) is 23.9 Å². The molecule has 4 heterocycles. The number of rotatable bonds is 7. The molecule has 1 aliphatic rings. The predicted octanol–water partition coefficient (Wildman–Crippen LogP) is 1.98. The fourth-order valence-corrected chi connectivity index (χ4v) is 4.37. The quantitative estimate of drug-likeness (QED) is 0.246. The molecule has 0 bridgehead atoms. The largest absolute Gasteiger partial charge is 0.482 e. The van der Waals surface area contributed by atoms with Gasteiger partial charge in [0, 0.05) is 19.2 Å². The number of carbonyl (C=O) groups excluding carboxylic acids is 2. The van der Waals surface area contributed by atoms with Crippen LogP contribution in [0.2, 0.25) is 0 Å². The maximum absolute atomic E-state index is 13.1. The van der Waals surface area contributed by atoms with Gasteiger partial charge in [-0.3, -0.25) is 14.3 Å². The van der Waals surface area contributed by atoms with Crippen molar-refractivity contribution in [3.63, 3.8) is 0 Å². The first-order chi connectivity index (χ1) is 19.0. The van der Waals surface area contributed by atoms with Crippen LogP contribution in [-0.2, 0) is 18.4 Å². The van der Waals surface area contributed by atoms with Crippen molar-refractivity contribution < 1.29 is 14.3 Å². The molecule has 1 atom stereocenters. The van der Waals surface area contributed by atoms with E-state index in [0.29, 0.717) is 34.1 Å². The minimum Gasteiger partial charge on any atom is -0.482 e. The highest BCUT2D eigenvalue weighted by Crippen LogP contribution is 2.29. The van der Waals surface area contributed by atoms with Crippen molar-refractivity contribution in [2.45, 2.75) is 19.5 Å². The molecule has 0 radical (unpaired) electrons. The molecule has 2 aromatic carbocycles. The first-order valence-corrected chi connectivity index (χ1v) is 12.1. The summed E-state index contributed by atoms with van der Waals surface area (Å²) in [5.74, 6) is 1.05. The Morgan fingerprint density at radius 3 is 2.82 bits per heavy atom. The topological polar surface area (TPSA) is 178 Å². The number of H-pyrrole nitrogens is 1. The van der Waals surface area contributed by atoms with Gasteiger partial charge in [0.1, 0.15) is 23.1 Å². The van der Waals surface area contributed by atoms with Gasteiger partial charge in [0.25, 0.3) is 11.8 Å². The van der Waals surface area contributed by atoms with Gasteiger partial charge in [0.2, 0.25) is 5.82 Å². The summed E-state index contributed by atoms with van der Waals surface area (Å²) in [6, 6.07) is 13.0. The SMILES string of the molecule is CC(Nc1nn(C)c2c(C(=O)NCc3ccc4c(c3)NC(=O)CO4)ncnc12)c1ccc(-c2nn[nH]n2)cc1. The van der Waals surface area contributed by atoms with E-state index in [4.69, 9.17) is 4.74 Å². The molecule has 39 heavy (non-hydrogen) atoms. The lowest BCUT2D eigenvalue weighted by atomic mass is 10.1. The van der Waals surface area contributed by atoms with Crippen LogP contribution in [0.1, 0.15) is 34.6 Å². The minimum atomic E-state index is -0.375. The first-order valence-electron chi connectivity index (χ1n) is 12.1. The average molecular weight is 526 g/mol. The highest BCUT2D eigenvalue weighted by molar-refractivity contribution is 6.05. The maximum atomic E-state index is 13.1. The Labute approximate surface area is 221 Å². The van der Waals surface area contributed by atoms with Crippen LogP contribution in [0.3, 0.4) is 0 Å². The number of anilines is 2. The first kappa shape index (κ1) is 24.0. The van der Waals surface area contributed by atoms with Crippen molar-refractivity contribution in [1.29, 1.82) is 0 Å². The van der Waals surface area contributed by atoms with E-state index >= 15 is 0 Å². The van der Waals surface area contributed by atoms with Gasteiger partial charge in [-0.05, 0) is 35.4 Å². The number of benzene rings is 2. The van der Waals surface area contributed by atoms with Crippen LogP contribution in [0.4, 0.5) is 11.5 Å². The third-order valence-electron chi connectivity index (χ3n) is 6.33. The van der Waals surface area contributed by atoms with Gasteiger partial charge in [-0.25, -0.2) is 9.97 Å². The van der Waals surface area contributed by atoms with E-state index in [1.807, 2.05) is 37.3 Å². The number of tetrazole rings is 1. The van der Waals surface area contributed by atoms with E-state index < -0.39 is 0 Å². The van der Waals surface area contributed by atoms with E-state index in [2.05, 4.69) is 51.6 Å². The highest BCUT2D eigenvalue weighted by atomic mass is 16.5. The molecule has 0 saturated carbocycles. The zero-order chi connectivity index (χ0) is 26.9. The number of nitrogens with zero attached hydrogens (tertiary/aromatic N) is 7. The summed E-state index contributed by atoms with van der Waals surface area (Å²) in [6.45, 7) is 2.22. The number of hydrogen-bond acceptors (Lipinski definition) is 10. The zero-order valence-electron chi connectivity index (χ0n) is 21.0. The molecule has 0 fully saturated rings. The summed E-state index contributed by atoms with van der Waals surface area (Å²) in [5, 5.41) is 27.6. The summed E-state index contributed by atoms with van der Waals surface area (Å²) in [4.78, 5) is 33.4. The van der Waals surface area contributed by atoms with Gasteiger partial charge in [0.05, 0.1) is 11.7 Å². The third-order valence-corrected chi connectivity index (χ3v) is 6.33. The minimum absolute atomic E-state index is 0.0130. The van der Waals surface area contributed by atoms with Crippen LogP contribution in [0.25, 0.3) is 22.4 Å². The van der Waals surface area contributed by atoms with Crippen molar-refractivity contribution in [3.8, 4) is 17.1 Å². The molecule has 1 aliphatic heterocycles. The highest BCUT2D eigenvalue weighted by Gasteiger charge is 2.21. The standard InChI is InChI=1S/C25H23N11O3/c1-13(15-4-6-16(7-5-15)23-31-34-35-32-23)29-24-20-22(36(2)33-24)21(28-12-27-20)25(38)26-10-14-3-8-18-17(9-14)30-19(37)11-39-18/h3-9,12-13H,10-11H2,1-2H3,(H,26,38)(H,29,33)(H,30,37)(H,31,32,34,35). The van der Waals surface area contributed by atoms with E-state index in [9.17, 15) is 9.59 Å². The van der Waals surface area contributed by atoms with Gasteiger partial charge in [-0.2, -0.15) is 10.3 Å². The summed E-state index contributed by atoms with van der Waals surface area (Å²) in [6.07, 6.45) is 1.35. The Balaban J connectivity index is 1.18. The molecule has 1 unspecified atom stereocenters. The number of hydrogen-bond donors (Lipinski definition) is 4. The molecule has 0 spiro atoms. The molecule has 4 N–H and O–H groups in total. The van der Waals surface area contributed by atoms with Crippen LogP contribution >= 0.6 is 0 Å². The summed E-state index contributed by atoms with van der Waals surface area (Å²) < 4.78 is 6.97. The molecule has 0 aliphatic carbocycles. The fourth-order valence-electron chi connectivity index (χ4n) is 4.37. The Bertz CT molecular complexity index is 1680. The molecule has 3 aromatic heterocycles. The van der Waals surface area contributed by atoms with Gasteiger partial charge in [0.15, 0.2) is 18.1 Å². The lowest BCUT2D eigenvalue weighted by Gasteiger charge is -2.18. The fraction of sp³-hybridized carbons (Fsp3) is 0.200. The van der Waals surface area contributed by atoms with Crippen LogP contribution in [-0.4, -0.2) is 58.8 Å². The van der Waals surface area contributed by atoms with Crippen molar-refractivity contribution in [3.05, 3.63) is 65.6 Å². The lowest BCUT2D eigenvalue weighted by molar-refractivity contribution is -0.118. The predicted molar refractivity (Wildman–Crippen MR) is 140 cm³/mol. The number of aryl methyl sites for hydroxylation is 1. The van der Waals surface area contributed by atoms with Gasteiger partial charge >= 0.3 is 0 Å². The maximum Gasteiger partial charge on any atom is 0.272 e. The second kappa shape index (κ2) is 9.81. The molecule has 14 heteroatoms. The molecule has 0 saturated heterocycles. The van der Waals surface area contributed by atoms with Crippen LogP contribution in [0, 0.1) is 0 Å². The smallest absolute Gasteiger partial charge is 0.272 e. The normalized spacial score (nSPS) is 13.3. The van der Waals surface area contributed by atoms with E-state index in [1.165, 1.54) is 6.33 Å². The second-order valence-corrected chi connectivity index (χ2v) is 8.97. The number of aromatic amines is 1. The van der Waals surface area contributed by atoms with Gasteiger partial charge in [-0.15, -0.1) is 10.2 Å². The summed E-state index contributed by atoms with van der Waals surface area (Å²) in [7, 11) is 1.74. The van der Waals surface area contributed by atoms with Crippen molar-refractivity contribution >= 4 is 34.4 Å². The second-order valence-electron chi connectivity index (χ2n) is 8.97. The van der Waals surface area contributed by atoms with E-state index in [0.717, 1.165) is 16.7 Å². The summed E-state index contributed by atoms with van der Waals surface area (Å²) >= 11 is 0. The Hall–Kier alpha value is -5.40. The number of fused-ring (bicyclic) bond motifs is 2. The molecule has 5 aromatic rings. The van der Waals surface area contributed by atoms with Crippen molar-refractivity contribution in [1.82, 2.24) is 45.7 Å². The van der Waals surface area contributed by atoms with Crippen LogP contribution in [0.15, 0.2) is 48.8 Å². The van der Waals surface area contributed by atoms with E-state index in [-0.39, 0.29) is 36.7 Å². The van der Waals surface area contributed by atoms with Crippen molar-refractivity contribution in [2.24, 2.45) is 7.05 Å². The average Bonchev–Trinajstić information content (AvgIpc) is 3.60. The third kappa shape index (κ3) is 4.70. The molecule has 2 amide bonds. The molecular weight excluding hydrogens is 502 g/mol. The number of aromatic nitrogens is 8. The number of amides is 2. The summed E-state index contributed by atoms with van der Waals surface area (Å²) in [5.41, 5.74) is 4.47. The monoisotopic (exact) mass is 525 g/mol. The van der Waals surface area contributed by atoms with Crippen LogP contribution in [0.5, 0.6) is 5.75 Å². The molecular formula is C25H23N11O3. The number of carbonyl (C=O) groups is 2. The Morgan fingerprint density at radius 1 is 1.18 bits per heavy atom. The molecule has 14 nitrogen and oxygen atoms in total. The van der Waals surface area contributed by atoms with Crippen molar-refractivity contribution in [2.75, 3.05) is 17.2 Å². The zero-order valence-corrected chi connectivity index (χ0v) is 21.0. The molecule has 196 valence electrons. The Kier molecular flexibility index (Phi) is 6.03. The molecule has 6 rings (SSSR count). The Morgan fingerprint density at radius 2 is 2.03 bits per heavy atom. The van der Waals surface area contributed by atoms with Gasteiger partial charge < -0.3 is 20.7 Å².